The largest absolute Gasteiger partial charge is 0.397 e. The molecule has 1 aromatic carbocycles. The fourth-order valence-electron chi connectivity index (χ4n) is 2.45. The standard InChI is InChI=1S/C14H15F4NO2/c15-10-3-1-8(2-4-10)13(9-5-11(20)6-9)19-12(21)7-14(16,17)18/h1-4,9,11,13,20H,5-7H2,(H,19,21)/t9?,11?,13-/m1/s1. The molecule has 0 radical (unpaired) electrons. The van der Waals surface area contributed by atoms with E-state index in [9.17, 15) is 27.5 Å². The average molecular weight is 305 g/mol. The van der Waals surface area contributed by atoms with Gasteiger partial charge in [0, 0.05) is 0 Å². The van der Waals surface area contributed by atoms with E-state index in [0.717, 1.165) is 0 Å². The zero-order chi connectivity index (χ0) is 15.6. The summed E-state index contributed by atoms with van der Waals surface area (Å²) in [6.07, 6.45) is -5.84. The lowest BCUT2D eigenvalue weighted by Gasteiger charge is -2.38. The van der Waals surface area contributed by atoms with Gasteiger partial charge in [-0.15, -0.1) is 0 Å². The molecule has 2 rings (SSSR count). The molecular weight excluding hydrogens is 290 g/mol. The molecule has 0 bridgehead atoms. The van der Waals surface area contributed by atoms with E-state index in [0.29, 0.717) is 18.4 Å². The number of rotatable bonds is 4. The Labute approximate surface area is 119 Å². The first kappa shape index (κ1) is 15.8. The third kappa shape index (κ3) is 4.42. The molecule has 21 heavy (non-hydrogen) atoms. The van der Waals surface area contributed by atoms with Crippen LogP contribution in [0.5, 0.6) is 0 Å². The first-order chi connectivity index (χ1) is 9.74. The molecule has 0 heterocycles. The lowest BCUT2D eigenvalue weighted by molar-refractivity contribution is -0.155. The highest BCUT2D eigenvalue weighted by Gasteiger charge is 2.38. The topological polar surface area (TPSA) is 49.3 Å². The number of amides is 1. The molecule has 0 spiro atoms. The van der Waals surface area contributed by atoms with Gasteiger partial charge in [-0.3, -0.25) is 4.79 Å². The molecule has 7 heteroatoms. The van der Waals surface area contributed by atoms with E-state index in [1.165, 1.54) is 24.3 Å². The molecule has 0 saturated heterocycles. The van der Waals surface area contributed by atoms with Crippen molar-refractivity contribution in [1.82, 2.24) is 5.32 Å². The van der Waals surface area contributed by atoms with Crippen molar-refractivity contribution >= 4 is 5.91 Å². The van der Waals surface area contributed by atoms with E-state index in [4.69, 9.17) is 0 Å². The van der Waals surface area contributed by atoms with Gasteiger partial charge in [0.25, 0.3) is 0 Å². The number of hydrogen-bond acceptors (Lipinski definition) is 2. The molecule has 1 saturated carbocycles. The van der Waals surface area contributed by atoms with Gasteiger partial charge in [-0.25, -0.2) is 4.39 Å². The van der Waals surface area contributed by atoms with E-state index in [1.807, 2.05) is 0 Å². The summed E-state index contributed by atoms with van der Waals surface area (Å²) in [5, 5.41) is 11.7. The van der Waals surface area contributed by atoms with E-state index >= 15 is 0 Å². The van der Waals surface area contributed by atoms with Gasteiger partial charge in [0.2, 0.25) is 5.91 Å². The maximum Gasteiger partial charge on any atom is 0.397 e. The van der Waals surface area contributed by atoms with Crippen molar-refractivity contribution in [2.45, 2.75) is 37.6 Å². The molecule has 0 aliphatic heterocycles. The highest BCUT2D eigenvalue weighted by molar-refractivity contribution is 5.77. The Morgan fingerprint density at radius 1 is 1.29 bits per heavy atom. The minimum atomic E-state index is -4.57. The highest BCUT2D eigenvalue weighted by Crippen LogP contribution is 2.38. The summed E-state index contributed by atoms with van der Waals surface area (Å²) < 4.78 is 49.6. The average Bonchev–Trinajstić information content (AvgIpc) is 2.31. The second-order valence-electron chi connectivity index (χ2n) is 5.27. The van der Waals surface area contributed by atoms with Crippen molar-refractivity contribution in [2.75, 3.05) is 0 Å². The summed E-state index contributed by atoms with van der Waals surface area (Å²) in [5.74, 6) is -1.74. The SMILES string of the molecule is O=C(CC(F)(F)F)N[C@H](c1ccc(F)cc1)C1CC(O)C1. The van der Waals surface area contributed by atoms with Gasteiger partial charge in [-0.2, -0.15) is 13.2 Å². The van der Waals surface area contributed by atoms with Gasteiger partial charge in [0.1, 0.15) is 12.2 Å². The predicted octanol–water partition coefficient (Wildman–Crippen LogP) is 2.71. The van der Waals surface area contributed by atoms with Crippen LogP contribution in [0.2, 0.25) is 0 Å². The first-order valence-electron chi connectivity index (χ1n) is 6.54. The van der Waals surface area contributed by atoms with Gasteiger partial charge >= 0.3 is 6.18 Å². The first-order valence-corrected chi connectivity index (χ1v) is 6.54. The Bertz CT molecular complexity index is 495. The summed E-state index contributed by atoms with van der Waals surface area (Å²) in [4.78, 5) is 11.5. The molecule has 1 amide bonds. The van der Waals surface area contributed by atoms with Gasteiger partial charge in [0.05, 0.1) is 12.1 Å². The quantitative estimate of drug-likeness (QED) is 0.840. The van der Waals surface area contributed by atoms with E-state index in [1.54, 1.807) is 0 Å². The van der Waals surface area contributed by atoms with Crippen LogP contribution in [0.4, 0.5) is 17.6 Å². The van der Waals surface area contributed by atoms with E-state index in [-0.39, 0.29) is 5.92 Å². The number of nitrogens with one attached hydrogen (secondary N) is 1. The molecule has 1 fully saturated rings. The molecule has 1 aromatic rings. The number of alkyl halides is 3. The van der Waals surface area contributed by atoms with Crippen LogP contribution >= 0.6 is 0 Å². The molecule has 116 valence electrons. The number of aliphatic hydroxyl groups excluding tert-OH is 1. The van der Waals surface area contributed by atoms with Crippen molar-refractivity contribution in [1.29, 1.82) is 0 Å². The summed E-state index contributed by atoms with van der Waals surface area (Å²) in [6, 6.07) is 4.58. The van der Waals surface area contributed by atoms with Crippen LogP contribution in [-0.4, -0.2) is 23.3 Å². The molecule has 0 unspecified atom stereocenters. The van der Waals surface area contributed by atoms with Gasteiger partial charge < -0.3 is 10.4 Å². The van der Waals surface area contributed by atoms with Crippen molar-refractivity contribution in [3.8, 4) is 0 Å². The highest BCUT2D eigenvalue weighted by atomic mass is 19.4. The number of carbonyl (C=O) groups is 1. The van der Waals surface area contributed by atoms with Gasteiger partial charge in [-0.1, -0.05) is 12.1 Å². The van der Waals surface area contributed by atoms with Crippen molar-refractivity contribution < 1.29 is 27.5 Å². The summed E-state index contributed by atoms with van der Waals surface area (Å²) in [5.41, 5.74) is 0.531. The fourth-order valence-corrected chi connectivity index (χ4v) is 2.45. The van der Waals surface area contributed by atoms with Gasteiger partial charge in [0.15, 0.2) is 0 Å². The van der Waals surface area contributed by atoms with Crippen LogP contribution in [0.25, 0.3) is 0 Å². The normalized spacial score (nSPS) is 23.3. The minimum absolute atomic E-state index is 0.150. The Morgan fingerprint density at radius 2 is 1.86 bits per heavy atom. The minimum Gasteiger partial charge on any atom is -0.393 e. The van der Waals surface area contributed by atoms with Crippen LogP contribution in [0, 0.1) is 11.7 Å². The molecule has 1 aliphatic carbocycles. The molecule has 1 aliphatic rings. The monoisotopic (exact) mass is 305 g/mol. The number of carbonyl (C=O) groups excluding carboxylic acids is 1. The number of aliphatic hydroxyl groups is 1. The second kappa shape index (κ2) is 6.01. The van der Waals surface area contributed by atoms with Crippen LogP contribution in [-0.2, 0) is 4.79 Å². The molecule has 3 nitrogen and oxygen atoms in total. The smallest absolute Gasteiger partial charge is 0.393 e. The predicted molar refractivity (Wildman–Crippen MR) is 66.7 cm³/mol. The number of halogens is 4. The van der Waals surface area contributed by atoms with E-state index in [2.05, 4.69) is 5.32 Å². The third-order valence-corrected chi connectivity index (χ3v) is 3.53. The lowest BCUT2D eigenvalue weighted by atomic mass is 9.75. The van der Waals surface area contributed by atoms with Crippen molar-refractivity contribution in [3.63, 3.8) is 0 Å². The Morgan fingerprint density at radius 3 is 2.33 bits per heavy atom. The summed E-state index contributed by atoms with van der Waals surface area (Å²) >= 11 is 0. The number of benzene rings is 1. The zero-order valence-electron chi connectivity index (χ0n) is 11.0. The second-order valence-corrected chi connectivity index (χ2v) is 5.27. The maximum absolute atomic E-state index is 12.9. The lowest BCUT2D eigenvalue weighted by Crippen LogP contribution is -2.42. The Kier molecular flexibility index (Phi) is 4.51. The summed E-state index contributed by atoms with van der Waals surface area (Å²) in [6.45, 7) is 0. The molecule has 0 aromatic heterocycles. The molecule has 1 atom stereocenters. The molecule has 2 N–H and O–H groups in total. The van der Waals surface area contributed by atoms with E-state index < -0.39 is 36.5 Å². The third-order valence-electron chi connectivity index (χ3n) is 3.53. The van der Waals surface area contributed by atoms with Crippen molar-refractivity contribution in [2.24, 2.45) is 5.92 Å². The fraction of sp³-hybridized carbons (Fsp3) is 0.500. The zero-order valence-corrected chi connectivity index (χ0v) is 11.0. The van der Waals surface area contributed by atoms with Crippen LogP contribution in [0.15, 0.2) is 24.3 Å². The van der Waals surface area contributed by atoms with Gasteiger partial charge in [-0.05, 0) is 36.5 Å². The number of hydrogen-bond donors (Lipinski definition) is 2. The van der Waals surface area contributed by atoms with Crippen LogP contribution in [0.1, 0.15) is 30.9 Å². The Balaban J connectivity index is 2.09. The summed E-state index contributed by atoms with van der Waals surface area (Å²) in [7, 11) is 0. The van der Waals surface area contributed by atoms with Crippen molar-refractivity contribution in [3.05, 3.63) is 35.6 Å². The Hall–Kier alpha value is -1.63. The van der Waals surface area contributed by atoms with Crippen LogP contribution in [0.3, 0.4) is 0 Å². The van der Waals surface area contributed by atoms with Crippen LogP contribution < -0.4 is 5.32 Å². The molecular formula is C14H15F4NO2. The maximum atomic E-state index is 12.9.